The summed E-state index contributed by atoms with van der Waals surface area (Å²) < 4.78 is 13.0. The smallest absolute Gasteiger partial charge is 0.271 e. The molecule has 0 saturated carbocycles. The summed E-state index contributed by atoms with van der Waals surface area (Å²) in [7, 11) is 0. The Morgan fingerprint density at radius 2 is 2.04 bits per heavy atom. The number of carbonyl (C=O) groups excluding carboxylic acids is 1. The highest BCUT2D eigenvalue weighted by molar-refractivity contribution is 7.13. The zero-order valence-electron chi connectivity index (χ0n) is 14.0. The predicted octanol–water partition coefficient (Wildman–Crippen LogP) is 3.20. The van der Waals surface area contributed by atoms with Crippen molar-refractivity contribution in [2.75, 3.05) is 6.54 Å². The van der Waals surface area contributed by atoms with Crippen LogP contribution in [-0.2, 0) is 19.3 Å². The number of carbonyl (C=O) groups is 1. The molecule has 7 heteroatoms. The van der Waals surface area contributed by atoms with E-state index in [9.17, 15) is 9.18 Å². The zero-order chi connectivity index (χ0) is 17.9. The van der Waals surface area contributed by atoms with Gasteiger partial charge in [-0.05, 0) is 55.2 Å². The molecule has 132 valence electrons. The van der Waals surface area contributed by atoms with Crippen molar-refractivity contribution < 1.29 is 9.18 Å². The van der Waals surface area contributed by atoms with Crippen LogP contribution in [-0.4, -0.2) is 27.6 Å². The second-order valence-corrected chi connectivity index (χ2v) is 7.07. The number of aromatic nitrogens is 3. The van der Waals surface area contributed by atoms with Crippen molar-refractivity contribution in [2.24, 2.45) is 0 Å². The minimum Gasteiger partial charge on any atom is -0.350 e. The molecule has 1 aliphatic carbocycles. The van der Waals surface area contributed by atoms with E-state index in [1.807, 2.05) is 11.4 Å². The minimum atomic E-state index is -0.261. The van der Waals surface area contributed by atoms with E-state index in [1.54, 1.807) is 12.1 Å². The maximum Gasteiger partial charge on any atom is 0.271 e. The molecule has 2 aromatic heterocycles. The lowest BCUT2D eigenvalue weighted by atomic mass is 10.2. The minimum absolute atomic E-state index is 0.207. The molecule has 0 radical (unpaired) electrons. The Morgan fingerprint density at radius 3 is 2.88 bits per heavy atom. The summed E-state index contributed by atoms with van der Waals surface area (Å²) in [5, 5.41) is 13.8. The van der Waals surface area contributed by atoms with E-state index in [0.29, 0.717) is 18.7 Å². The molecule has 1 aromatic carbocycles. The number of thiazole rings is 1. The van der Waals surface area contributed by atoms with Crippen LogP contribution in [0.4, 0.5) is 4.39 Å². The Morgan fingerprint density at radius 1 is 1.19 bits per heavy atom. The van der Waals surface area contributed by atoms with Crippen molar-refractivity contribution in [1.82, 2.24) is 20.5 Å². The SMILES string of the molecule is O=C(NCCc1csc(-c2ccc(F)cc2)n1)c1cc2c(nn1)CCC2. The molecule has 1 amide bonds. The van der Waals surface area contributed by atoms with Gasteiger partial charge in [-0.1, -0.05) is 0 Å². The molecule has 0 spiro atoms. The first-order valence-corrected chi connectivity index (χ1v) is 9.41. The van der Waals surface area contributed by atoms with Crippen LogP contribution >= 0.6 is 11.3 Å². The Labute approximate surface area is 154 Å². The number of halogens is 1. The Kier molecular flexibility index (Phi) is 4.71. The number of aryl methyl sites for hydroxylation is 2. The Bertz CT molecular complexity index is 939. The van der Waals surface area contributed by atoms with Gasteiger partial charge in [-0.2, -0.15) is 5.10 Å². The van der Waals surface area contributed by atoms with Crippen molar-refractivity contribution in [2.45, 2.75) is 25.7 Å². The molecule has 5 nitrogen and oxygen atoms in total. The molecule has 1 aliphatic rings. The van der Waals surface area contributed by atoms with Gasteiger partial charge in [-0.3, -0.25) is 4.79 Å². The molecule has 0 bridgehead atoms. The van der Waals surface area contributed by atoms with Crippen LogP contribution in [0.2, 0.25) is 0 Å². The lowest BCUT2D eigenvalue weighted by molar-refractivity contribution is 0.0948. The molecule has 26 heavy (non-hydrogen) atoms. The maximum atomic E-state index is 13.0. The van der Waals surface area contributed by atoms with E-state index >= 15 is 0 Å². The summed E-state index contributed by atoms with van der Waals surface area (Å²) in [6.45, 7) is 0.476. The summed E-state index contributed by atoms with van der Waals surface area (Å²) >= 11 is 1.51. The Hall–Kier alpha value is -2.67. The van der Waals surface area contributed by atoms with Gasteiger partial charge in [0.15, 0.2) is 5.69 Å². The van der Waals surface area contributed by atoms with Crippen LogP contribution in [0, 0.1) is 5.82 Å². The molecular weight excluding hydrogens is 351 g/mol. The van der Waals surface area contributed by atoms with Gasteiger partial charge in [-0.25, -0.2) is 9.37 Å². The van der Waals surface area contributed by atoms with E-state index in [-0.39, 0.29) is 11.7 Å². The number of rotatable bonds is 5. The van der Waals surface area contributed by atoms with Crippen molar-refractivity contribution in [1.29, 1.82) is 0 Å². The van der Waals surface area contributed by atoms with Crippen molar-refractivity contribution >= 4 is 17.2 Å². The molecule has 0 fully saturated rings. The quantitative estimate of drug-likeness (QED) is 0.751. The third-order valence-electron chi connectivity index (χ3n) is 4.36. The number of nitrogens with one attached hydrogen (secondary N) is 1. The lowest BCUT2D eigenvalue weighted by Gasteiger charge is -2.04. The van der Waals surface area contributed by atoms with E-state index in [0.717, 1.165) is 46.8 Å². The van der Waals surface area contributed by atoms with Crippen molar-refractivity contribution in [3.05, 3.63) is 64.2 Å². The van der Waals surface area contributed by atoms with Crippen LogP contribution in [0.5, 0.6) is 0 Å². The highest BCUT2D eigenvalue weighted by Gasteiger charge is 2.16. The number of nitrogens with zero attached hydrogens (tertiary/aromatic N) is 3. The average molecular weight is 368 g/mol. The molecule has 0 atom stereocenters. The molecular formula is C19H17FN4OS. The van der Waals surface area contributed by atoms with Gasteiger partial charge < -0.3 is 5.32 Å². The number of fused-ring (bicyclic) bond motifs is 1. The van der Waals surface area contributed by atoms with Gasteiger partial charge in [0.2, 0.25) is 0 Å². The molecule has 0 saturated heterocycles. The molecule has 2 heterocycles. The van der Waals surface area contributed by atoms with Gasteiger partial charge in [0.25, 0.3) is 5.91 Å². The maximum absolute atomic E-state index is 13.0. The van der Waals surface area contributed by atoms with E-state index in [1.165, 1.54) is 23.5 Å². The highest BCUT2D eigenvalue weighted by Crippen LogP contribution is 2.24. The van der Waals surface area contributed by atoms with Crippen molar-refractivity contribution in [3.8, 4) is 10.6 Å². The highest BCUT2D eigenvalue weighted by atomic mass is 32.1. The number of amides is 1. The van der Waals surface area contributed by atoms with Crippen LogP contribution in [0.3, 0.4) is 0 Å². The van der Waals surface area contributed by atoms with Crippen LogP contribution in [0.25, 0.3) is 10.6 Å². The summed E-state index contributed by atoms with van der Waals surface area (Å²) in [5.74, 6) is -0.468. The summed E-state index contributed by atoms with van der Waals surface area (Å²) in [6, 6.07) is 8.13. The first-order chi connectivity index (χ1) is 12.7. The van der Waals surface area contributed by atoms with E-state index in [4.69, 9.17) is 0 Å². The van der Waals surface area contributed by atoms with Gasteiger partial charge in [0, 0.05) is 23.9 Å². The summed E-state index contributed by atoms with van der Waals surface area (Å²) in [4.78, 5) is 16.8. The number of benzene rings is 1. The monoisotopic (exact) mass is 368 g/mol. The van der Waals surface area contributed by atoms with Gasteiger partial charge in [-0.15, -0.1) is 16.4 Å². The van der Waals surface area contributed by atoms with E-state index < -0.39 is 0 Å². The van der Waals surface area contributed by atoms with Crippen LogP contribution in [0.15, 0.2) is 35.7 Å². The van der Waals surface area contributed by atoms with Gasteiger partial charge in [0.1, 0.15) is 10.8 Å². The fourth-order valence-corrected chi connectivity index (χ4v) is 3.84. The number of hydrogen-bond acceptors (Lipinski definition) is 5. The van der Waals surface area contributed by atoms with Crippen LogP contribution < -0.4 is 5.32 Å². The molecule has 0 aliphatic heterocycles. The molecule has 1 N–H and O–H groups in total. The molecule has 4 rings (SSSR count). The fourth-order valence-electron chi connectivity index (χ4n) is 2.98. The first kappa shape index (κ1) is 16.8. The first-order valence-electron chi connectivity index (χ1n) is 8.53. The standard InChI is InChI=1S/C19H17FN4OS/c20-14-6-4-12(5-7-14)19-22-15(11-26-19)8-9-21-18(25)17-10-13-2-1-3-16(13)23-24-17/h4-7,10-11H,1-3,8-9H2,(H,21,25). The zero-order valence-corrected chi connectivity index (χ0v) is 14.9. The lowest BCUT2D eigenvalue weighted by Crippen LogP contribution is -2.27. The van der Waals surface area contributed by atoms with Gasteiger partial charge >= 0.3 is 0 Å². The number of hydrogen-bond donors (Lipinski definition) is 1. The fraction of sp³-hybridized carbons (Fsp3) is 0.263. The second-order valence-electron chi connectivity index (χ2n) is 6.21. The van der Waals surface area contributed by atoms with E-state index in [2.05, 4.69) is 20.5 Å². The molecule has 3 aromatic rings. The van der Waals surface area contributed by atoms with Gasteiger partial charge in [0.05, 0.1) is 11.4 Å². The Balaban J connectivity index is 1.33. The largest absolute Gasteiger partial charge is 0.350 e. The average Bonchev–Trinajstić information content (AvgIpc) is 3.31. The normalized spacial score (nSPS) is 12.8. The van der Waals surface area contributed by atoms with Crippen molar-refractivity contribution in [3.63, 3.8) is 0 Å². The van der Waals surface area contributed by atoms with Crippen LogP contribution in [0.1, 0.15) is 33.9 Å². The third-order valence-corrected chi connectivity index (χ3v) is 5.30. The second kappa shape index (κ2) is 7.29. The third kappa shape index (κ3) is 3.62. The predicted molar refractivity (Wildman–Crippen MR) is 97.6 cm³/mol. The summed E-state index contributed by atoms with van der Waals surface area (Å²) in [6.07, 6.45) is 3.62. The molecule has 0 unspecified atom stereocenters. The topological polar surface area (TPSA) is 67.8 Å². The summed E-state index contributed by atoms with van der Waals surface area (Å²) in [5.41, 5.74) is 4.30.